The van der Waals surface area contributed by atoms with Crippen LogP contribution in [0.4, 0.5) is 0 Å². The van der Waals surface area contributed by atoms with Crippen molar-refractivity contribution in [3.8, 4) is 0 Å². The molecule has 4 heterocycles. The predicted molar refractivity (Wildman–Crippen MR) is 110 cm³/mol. The number of rotatable bonds is 5. The van der Waals surface area contributed by atoms with Gasteiger partial charge in [0.25, 0.3) is 5.78 Å². The van der Waals surface area contributed by atoms with Crippen LogP contribution in [0.2, 0.25) is 0 Å². The second-order valence-corrected chi connectivity index (χ2v) is 8.33. The largest absolute Gasteiger partial charge is 0.334 e. The van der Waals surface area contributed by atoms with Gasteiger partial charge in [-0.15, -0.1) is 17.5 Å². The third-order valence-electron chi connectivity index (χ3n) is 5.85. The molecule has 148 valence electrons. The lowest BCUT2D eigenvalue weighted by Gasteiger charge is -2.29. The zero-order valence-corrected chi connectivity index (χ0v) is 17.1. The standard InChI is InChI=1S/C19H22N6OS.ClH/c26-17(10-16-22-18-21-5-1-8-25(18)23-16)24(12-14-2-9-27-13-14)15-11-19(15)3-6-20-7-4-19;/h1-2,5,8-9,13,15,20H,3-4,6-7,10-12H2;1H. The summed E-state index contributed by atoms with van der Waals surface area (Å²) in [5.41, 5.74) is 1.51. The Morgan fingerprint density at radius 3 is 3.00 bits per heavy atom. The Morgan fingerprint density at radius 1 is 1.39 bits per heavy atom. The minimum atomic E-state index is 0. The minimum Gasteiger partial charge on any atom is -0.334 e. The Morgan fingerprint density at radius 2 is 2.25 bits per heavy atom. The maximum absolute atomic E-state index is 13.2. The third kappa shape index (κ3) is 3.64. The second kappa shape index (κ2) is 7.77. The smallest absolute Gasteiger partial charge is 0.252 e. The predicted octanol–water partition coefficient (Wildman–Crippen LogP) is 2.32. The van der Waals surface area contributed by atoms with Crippen molar-refractivity contribution in [2.75, 3.05) is 13.1 Å². The highest BCUT2D eigenvalue weighted by Gasteiger charge is 2.57. The van der Waals surface area contributed by atoms with Crippen LogP contribution in [0.1, 0.15) is 30.7 Å². The van der Waals surface area contributed by atoms with Crippen molar-refractivity contribution < 1.29 is 4.79 Å². The molecule has 28 heavy (non-hydrogen) atoms. The van der Waals surface area contributed by atoms with Gasteiger partial charge in [0.15, 0.2) is 5.82 Å². The molecule has 2 aliphatic rings. The van der Waals surface area contributed by atoms with Gasteiger partial charge >= 0.3 is 0 Å². The number of fused-ring (bicyclic) bond motifs is 1. The SMILES string of the molecule is Cl.O=C(Cc1nc2ncccn2n1)N(Cc1ccsc1)C1CC12CCNCC2. The van der Waals surface area contributed by atoms with Crippen molar-refractivity contribution >= 4 is 35.4 Å². The molecule has 1 spiro atoms. The van der Waals surface area contributed by atoms with Gasteiger partial charge in [-0.25, -0.2) is 9.50 Å². The summed E-state index contributed by atoms with van der Waals surface area (Å²) in [4.78, 5) is 23.9. The number of hydrogen-bond donors (Lipinski definition) is 1. The Hall–Kier alpha value is -2.03. The number of aromatic nitrogens is 4. The molecular formula is C19H23ClN6OS. The van der Waals surface area contributed by atoms with E-state index in [1.807, 2.05) is 0 Å². The van der Waals surface area contributed by atoms with Crippen molar-refractivity contribution in [3.63, 3.8) is 0 Å². The molecule has 2 fully saturated rings. The molecule has 7 nitrogen and oxygen atoms in total. The second-order valence-electron chi connectivity index (χ2n) is 7.55. The van der Waals surface area contributed by atoms with Crippen LogP contribution < -0.4 is 5.32 Å². The molecule has 1 atom stereocenters. The van der Waals surface area contributed by atoms with Crippen LogP contribution in [0.15, 0.2) is 35.3 Å². The minimum absolute atomic E-state index is 0. The van der Waals surface area contributed by atoms with E-state index < -0.39 is 0 Å². The van der Waals surface area contributed by atoms with E-state index in [9.17, 15) is 4.79 Å². The maximum atomic E-state index is 13.2. The van der Waals surface area contributed by atoms with Gasteiger partial charge in [-0.3, -0.25) is 4.79 Å². The van der Waals surface area contributed by atoms with E-state index >= 15 is 0 Å². The Balaban J connectivity index is 0.00000192. The molecular weight excluding hydrogens is 396 g/mol. The fraction of sp³-hybridized carbons (Fsp3) is 0.474. The number of carbonyl (C=O) groups excluding carboxylic acids is 1. The Bertz CT molecular complexity index is 919. The number of halogens is 1. The number of hydrogen-bond acceptors (Lipinski definition) is 6. The lowest BCUT2D eigenvalue weighted by Crippen LogP contribution is -2.39. The average molecular weight is 419 g/mol. The normalized spacial score (nSPS) is 20.1. The van der Waals surface area contributed by atoms with Gasteiger partial charge in [0.2, 0.25) is 5.91 Å². The summed E-state index contributed by atoms with van der Waals surface area (Å²) < 4.78 is 1.62. The summed E-state index contributed by atoms with van der Waals surface area (Å²) >= 11 is 1.68. The van der Waals surface area contributed by atoms with Gasteiger partial charge in [0, 0.05) is 25.0 Å². The molecule has 1 saturated heterocycles. The molecule has 0 radical (unpaired) electrons. The summed E-state index contributed by atoms with van der Waals surface area (Å²) in [6, 6.07) is 4.25. The topological polar surface area (TPSA) is 75.4 Å². The van der Waals surface area contributed by atoms with E-state index in [4.69, 9.17) is 0 Å². The van der Waals surface area contributed by atoms with Gasteiger partial charge in [0.05, 0.1) is 6.42 Å². The van der Waals surface area contributed by atoms with E-state index in [0.717, 1.165) is 32.4 Å². The first-order chi connectivity index (χ1) is 13.2. The van der Waals surface area contributed by atoms with Gasteiger partial charge < -0.3 is 10.2 Å². The molecule has 1 saturated carbocycles. The molecule has 0 aromatic carbocycles. The first-order valence-corrected chi connectivity index (χ1v) is 10.4. The van der Waals surface area contributed by atoms with Crippen LogP contribution in [-0.4, -0.2) is 49.5 Å². The summed E-state index contributed by atoms with van der Waals surface area (Å²) in [6.45, 7) is 2.78. The van der Waals surface area contributed by atoms with E-state index in [1.54, 1.807) is 34.3 Å². The molecule has 1 aliphatic heterocycles. The lowest BCUT2D eigenvalue weighted by molar-refractivity contribution is -0.132. The number of carbonyl (C=O) groups is 1. The molecule has 3 aromatic rings. The van der Waals surface area contributed by atoms with E-state index in [0.29, 0.717) is 29.6 Å². The zero-order chi connectivity index (χ0) is 18.3. The average Bonchev–Trinajstić information content (AvgIpc) is 3.06. The highest BCUT2D eigenvalue weighted by molar-refractivity contribution is 7.07. The molecule has 0 bridgehead atoms. The van der Waals surface area contributed by atoms with Gasteiger partial charge in [-0.1, -0.05) is 0 Å². The van der Waals surface area contributed by atoms with E-state index in [-0.39, 0.29) is 24.7 Å². The van der Waals surface area contributed by atoms with Crippen LogP contribution in [0.3, 0.4) is 0 Å². The third-order valence-corrected chi connectivity index (χ3v) is 6.58. The monoisotopic (exact) mass is 418 g/mol. The Kier molecular flexibility index (Phi) is 5.35. The molecule has 1 aliphatic carbocycles. The van der Waals surface area contributed by atoms with E-state index in [2.05, 4.69) is 42.1 Å². The molecule has 1 unspecified atom stereocenters. The number of nitrogens with zero attached hydrogens (tertiary/aromatic N) is 5. The van der Waals surface area contributed by atoms with Crippen molar-refractivity contribution in [3.05, 3.63) is 46.7 Å². The van der Waals surface area contributed by atoms with Crippen LogP contribution >= 0.6 is 23.7 Å². The molecule has 5 rings (SSSR count). The lowest BCUT2D eigenvalue weighted by atomic mass is 9.93. The van der Waals surface area contributed by atoms with Gasteiger partial charge in [-0.05, 0) is 66.2 Å². The Labute approximate surface area is 173 Å². The summed E-state index contributed by atoms with van der Waals surface area (Å²) in [6.07, 6.45) is 7.13. The van der Waals surface area contributed by atoms with E-state index in [1.165, 1.54) is 5.56 Å². The quantitative estimate of drug-likeness (QED) is 0.688. The molecule has 1 amide bonds. The molecule has 3 aromatic heterocycles. The van der Waals surface area contributed by atoms with Crippen molar-refractivity contribution in [1.29, 1.82) is 0 Å². The fourth-order valence-corrected chi connectivity index (χ4v) is 4.93. The fourth-order valence-electron chi connectivity index (χ4n) is 4.27. The first kappa shape index (κ1) is 19.3. The van der Waals surface area contributed by atoms with Crippen LogP contribution in [0.5, 0.6) is 0 Å². The number of nitrogens with one attached hydrogen (secondary N) is 1. The van der Waals surface area contributed by atoms with Crippen molar-refractivity contribution in [2.45, 2.75) is 38.3 Å². The molecule has 1 N–H and O–H groups in total. The van der Waals surface area contributed by atoms with Gasteiger partial charge in [-0.2, -0.15) is 16.3 Å². The number of thiophene rings is 1. The summed E-state index contributed by atoms with van der Waals surface area (Å²) in [5.74, 6) is 1.18. The van der Waals surface area contributed by atoms with Crippen LogP contribution in [0, 0.1) is 5.41 Å². The van der Waals surface area contributed by atoms with Crippen molar-refractivity contribution in [1.82, 2.24) is 29.8 Å². The first-order valence-electron chi connectivity index (χ1n) is 9.41. The van der Waals surface area contributed by atoms with Crippen molar-refractivity contribution in [2.24, 2.45) is 5.41 Å². The molecule has 9 heteroatoms. The van der Waals surface area contributed by atoms with Gasteiger partial charge in [0.1, 0.15) is 0 Å². The number of piperidine rings is 1. The summed E-state index contributed by atoms with van der Waals surface area (Å²) in [5, 5.41) is 12.0. The maximum Gasteiger partial charge on any atom is 0.252 e. The van der Waals surface area contributed by atoms with Crippen LogP contribution in [-0.2, 0) is 17.8 Å². The zero-order valence-electron chi connectivity index (χ0n) is 15.5. The summed E-state index contributed by atoms with van der Waals surface area (Å²) in [7, 11) is 0. The highest BCUT2D eigenvalue weighted by Crippen LogP contribution is 2.56. The number of amides is 1. The van der Waals surface area contributed by atoms with Crippen LogP contribution in [0.25, 0.3) is 5.78 Å². The highest BCUT2D eigenvalue weighted by atomic mass is 35.5.